The van der Waals surface area contributed by atoms with Crippen LogP contribution >= 0.6 is 0 Å². The van der Waals surface area contributed by atoms with Crippen molar-refractivity contribution in [3.8, 4) is 6.07 Å². The van der Waals surface area contributed by atoms with Gasteiger partial charge in [0.05, 0.1) is 6.07 Å². The summed E-state index contributed by atoms with van der Waals surface area (Å²) in [5.74, 6) is 0.434. The highest BCUT2D eigenvalue weighted by Gasteiger charge is 2.40. The third kappa shape index (κ3) is 2.26. The van der Waals surface area contributed by atoms with Gasteiger partial charge in [-0.25, -0.2) is 0 Å². The predicted molar refractivity (Wildman–Crippen MR) is 57.9 cm³/mol. The molecule has 0 aliphatic carbocycles. The Morgan fingerprint density at radius 2 is 2.36 bits per heavy atom. The number of hydrogen-bond donors (Lipinski definition) is 2. The fourth-order valence-corrected chi connectivity index (χ4v) is 2.32. The molecule has 0 radical (unpaired) electrons. The maximum absolute atomic E-state index is 9.35. The maximum Gasteiger partial charge on any atom is 0.112 e. The molecule has 0 aromatic carbocycles. The van der Waals surface area contributed by atoms with Gasteiger partial charge in [0.1, 0.15) is 5.54 Å². The van der Waals surface area contributed by atoms with E-state index in [-0.39, 0.29) is 5.54 Å². The lowest BCUT2D eigenvalue weighted by Crippen LogP contribution is -2.59. The van der Waals surface area contributed by atoms with Crippen molar-refractivity contribution in [1.29, 1.82) is 5.26 Å². The first-order chi connectivity index (χ1) is 6.64. The molecule has 1 aliphatic heterocycles. The molecular formula is C11H21N3. The highest BCUT2D eigenvalue weighted by atomic mass is 15.0. The lowest BCUT2D eigenvalue weighted by atomic mass is 9.77. The third-order valence-corrected chi connectivity index (χ3v) is 3.02. The molecule has 3 heteroatoms. The molecule has 2 unspecified atom stereocenters. The van der Waals surface area contributed by atoms with Gasteiger partial charge in [-0.3, -0.25) is 5.32 Å². The van der Waals surface area contributed by atoms with Gasteiger partial charge in [0.2, 0.25) is 0 Å². The van der Waals surface area contributed by atoms with Crippen molar-refractivity contribution in [3.63, 3.8) is 0 Å². The molecule has 0 bridgehead atoms. The van der Waals surface area contributed by atoms with Gasteiger partial charge in [-0.15, -0.1) is 0 Å². The van der Waals surface area contributed by atoms with Crippen LogP contribution < -0.4 is 10.6 Å². The average Bonchev–Trinajstić information content (AvgIpc) is 2.17. The molecule has 2 N–H and O–H groups in total. The molecule has 80 valence electrons. The summed E-state index contributed by atoms with van der Waals surface area (Å²) < 4.78 is 0. The van der Waals surface area contributed by atoms with Crippen LogP contribution in [0.15, 0.2) is 0 Å². The van der Waals surface area contributed by atoms with E-state index in [9.17, 15) is 5.26 Å². The van der Waals surface area contributed by atoms with Gasteiger partial charge in [-0.2, -0.15) is 5.26 Å². The Bertz CT molecular complexity index is 219. The smallest absolute Gasteiger partial charge is 0.112 e. The molecule has 0 amide bonds. The maximum atomic E-state index is 9.35. The van der Waals surface area contributed by atoms with Gasteiger partial charge >= 0.3 is 0 Å². The average molecular weight is 195 g/mol. The van der Waals surface area contributed by atoms with Crippen LogP contribution in [0.2, 0.25) is 0 Å². The largest absolute Gasteiger partial charge is 0.316 e. The molecule has 1 rings (SSSR count). The second-order valence-electron chi connectivity index (χ2n) is 4.44. The van der Waals surface area contributed by atoms with E-state index in [1.165, 1.54) is 0 Å². The highest BCUT2D eigenvalue weighted by molar-refractivity contribution is 5.13. The minimum Gasteiger partial charge on any atom is -0.316 e. The normalized spacial score (nSPS) is 32.9. The second-order valence-corrected chi connectivity index (χ2v) is 4.44. The standard InChI is InChI=1S/C11H21N3/c1-4-10-7-13-6-5-11(10,8-12)14-9(2)3/h9-10,13-14H,4-7H2,1-3H3. The van der Waals surface area contributed by atoms with Gasteiger partial charge in [0.15, 0.2) is 0 Å². The summed E-state index contributed by atoms with van der Waals surface area (Å²) in [5, 5.41) is 16.2. The third-order valence-electron chi connectivity index (χ3n) is 3.02. The lowest BCUT2D eigenvalue weighted by molar-refractivity contribution is 0.194. The van der Waals surface area contributed by atoms with E-state index in [4.69, 9.17) is 0 Å². The SMILES string of the molecule is CCC1CNCCC1(C#N)NC(C)C. The van der Waals surface area contributed by atoms with Crippen LogP contribution in [-0.4, -0.2) is 24.7 Å². The van der Waals surface area contributed by atoms with E-state index < -0.39 is 0 Å². The molecule has 0 aromatic rings. The minimum absolute atomic E-state index is 0.297. The van der Waals surface area contributed by atoms with Crippen LogP contribution in [0.1, 0.15) is 33.6 Å². The number of nitrogens with one attached hydrogen (secondary N) is 2. The molecule has 1 aliphatic rings. The molecule has 1 fully saturated rings. The van der Waals surface area contributed by atoms with Crippen LogP contribution in [0.5, 0.6) is 0 Å². The van der Waals surface area contributed by atoms with Gasteiger partial charge < -0.3 is 5.32 Å². The van der Waals surface area contributed by atoms with E-state index in [1.54, 1.807) is 0 Å². The van der Waals surface area contributed by atoms with Gasteiger partial charge in [-0.05, 0) is 33.2 Å². The van der Waals surface area contributed by atoms with Gasteiger partial charge in [0.25, 0.3) is 0 Å². The number of piperidine rings is 1. The highest BCUT2D eigenvalue weighted by Crippen LogP contribution is 2.27. The first-order valence-electron chi connectivity index (χ1n) is 5.54. The zero-order valence-electron chi connectivity index (χ0n) is 9.43. The van der Waals surface area contributed by atoms with Crippen molar-refractivity contribution in [2.45, 2.75) is 45.2 Å². The fourth-order valence-electron chi connectivity index (χ4n) is 2.32. The molecule has 1 heterocycles. The zero-order chi connectivity index (χ0) is 10.6. The Kier molecular flexibility index (Phi) is 3.91. The van der Waals surface area contributed by atoms with Crippen molar-refractivity contribution in [2.75, 3.05) is 13.1 Å². The van der Waals surface area contributed by atoms with Crippen LogP contribution in [0.25, 0.3) is 0 Å². The molecule has 0 spiro atoms. The Morgan fingerprint density at radius 1 is 1.64 bits per heavy atom. The van der Waals surface area contributed by atoms with E-state index >= 15 is 0 Å². The second kappa shape index (κ2) is 4.77. The van der Waals surface area contributed by atoms with Crippen molar-refractivity contribution < 1.29 is 0 Å². The number of nitriles is 1. The van der Waals surface area contributed by atoms with Crippen LogP contribution in [-0.2, 0) is 0 Å². The summed E-state index contributed by atoms with van der Waals surface area (Å²) in [7, 11) is 0. The zero-order valence-corrected chi connectivity index (χ0v) is 9.43. The topological polar surface area (TPSA) is 47.9 Å². The summed E-state index contributed by atoms with van der Waals surface area (Å²) in [6, 6.07) is 2.88. The Morgan fingerprint density at radius 3 is 2.86 bits per heavy atom. The summed E-state index contributed by atoms with van der Waals surface area (Å²) in [6.07, 6.45) is 1.97. The molecule has 1 saturated heterocycles. The van der Waals surface area contributed by atoms with Crippen molar-refractivity contribution in [3.05, 3.63) is 0 Å². The summed E-state index contributed by atoms with van der Waals surface area (Å²) in [6.45, 7) is 8.28. The molecule has 0 aromatic heterocycles. The van der Waals surface area contributed by atoms with Crippen molar-refractivity contribution in [2.24, 2.45) is 5.92 Å². The minimum atomic E-state index is -0.297. The van der Waals surface area contributed by atoms with Gasteiger partial charge in [-0.1, -0.05) is 6.92 Å². The van der Waals surface area contributed by atoms with Crippen LogP contribution in [0.3, 0.4) is 0 Å². The first-order valence-corrected chi connectivity index (χ1v) is 5.54. The Hall–Kier alpha value is -0.590. The van der Waals surface area contributed by atoms with E-state index in [0.717, 1.165) is 25.9 Å². The lowest BCUT2D eigenvalue weighted by Gasteiger charge is -2.41. The fraction of sp³-hybridized carbons (Fsp3) is 0.909. The predicted octanol–water partition coefficient (Wildman–Crippen LogP) is 1.27. The van der Waals surface area contributed by atoms with Crippen LogP contribution in [0, 0.1) is 17.2 Å². The number of nitrogens with zero attached hydrogens (tertiary/aromatic N) is 1. The Balaban J connectivity index is 2.77. The molecule has 0 saturated carbocycles. The number of rotatable bonds is 3. The summed E-state index contributed by atoms with van der Waals surface area (Å²) in [4.78, 5) is 0. The van der Waals surface area contributed by atoms with Crippen molar-refractivity contribution in [1.82, 2.24) is 10.6 Å². The summed E-state index contributed by atoms with van der Waals surface area (Å²) in [5.41, 5.74) is -0.297. The van der Waals surface area contributed by atoms with E-state index in [2.05, 4.69) is 37.5 Å². The van der Waals surface area contributed by atoms with E-state index in [1.807, 2.05) is 0 Å². The van der Waals surface area contributed by atoms with Gasteiger partial charge in [0, 0.05) is 18.5 Å². The molecular weight excluding hydrogens is 174 g/mol. The Labute approximate surface area is 86.9 Å². The molecule has 3 nitrogen and oxygen atoms in total. The van der Waals surface area contributed by atoms with Crippen LogP contribution in [0.4, 0.5) is 0 Å². The molecule has 2 atom stereocenters. The monoisotopic (exact) mass is 195 g/mol. The van der Waals surface area contributed by atoms with E-state index in [0.29, 0.717) is 12.0 Å². The first kappa shape index (κ1) is 11.5. The molecule has 14 heavy (non-hydrogen) atoms. The quantitative estimate of drug-likeness (QED) is 0.713. The summed E-state index contributed by atoms with van der Waals surface area (Å²) >= 11 is 0. The number of hydrogen-bond acceptors (Lipinski definition) is 3. The van der Waals surface area contributed by atoms with Crippen molar-refractivity contribution >= 4 is 0 Å².